The van der Waals surface area contributed by atoms with Gasteiger partial charge in [0.25, 0.3) is 0 Å². The third-order valence-corrected chi connectivity index (χ3v) is 7.10. The predicted molar refractivity (Wildman–Crippen MR) is 132 cm³/mol. The molecule has 0 spiro atoms. The van der Waals surface area contributed by atoms with Gasteiger partial charge in [0.2, 0.25) is 5.91 Å². The number of hydrogen-bond donors (Lipinski definition) is 0. The second-order valence-electron chi connectivity index (χ2n) is 8.57. The number of rotatable bonds is 2. The van der Waals surface area contributed by atoms with Crippen LogP contribution in [0.3, 0.4) is 0 Å². The van der Waals surface area contributed by atoms with Gasteiger partial charge in [-0.05, 0) is 82.6 Å². The lowest BCUT2D eigenvalue weighted by atomic mass is 9.88. The molecule has 2 aliphatic rings. The van der Waals surface area contributed by atoms with Crippen LogP contribution in [0.1, 0.15) is 40.8 Å². The Hall–Kier alpha value is -2.70. The summed E-state index contributed by atoms with van der Waals surface area (Å²) in [6, 6.07) is 11.8. The van der Waals surface area contributed by atoms with Crippen molar-refractivity contribution in [3.63, 3.8) is 0 Å². The fourth-order valence-electron chi connectivity index (χ4n) is 4.83. The molecular weight excluding hydrogens is 502 g/mol. The van der Waals surface area contributed by atoms with Crippen molar-refractivity contribution >= 4 is 39.0 Å². The number of amides is 1. The average Bonchev–Trinajstić information content (AvgIpc) is 2.95. The van der Waals surface area contributed by atoms with Crippen molar-refractivity contribution in [3.05, 3.63) is 103 Å². The van der Waals surface area contributed by atoms with Gasteiger partial charge in [-0.3, -0.25) is 9.78 Å². The van der Waals surface area contributed by atoms with Crippen molar-refractivity contribution < 1.29 is 9.52 Å². The summed E-state index contributed by atoms with van der Waals surface area (Å²) < 4.78 is 1.72. The van der Waals surface area contributed by atoms with Crippen LogP contribution in [0, 0.1) is 5.21 Å². The minimum Gasteiger partial charge on any atom is -0.619 e. The summed E-state index contributed by atoms with van der Waals surface area (Å²) in [5, 5.41) is 12.3. The van der Waals surface area contributed by atoms with Gasteiger partial charge in [-0.1, -0.05) is 23.2 Å². The number of likely N-dealkylation sites (tertiary alicyclic amines) is 1. The topological polar surface area (TPSA) is 60.1 Å². The van der Waals surface area contributed by atoms with Crippen LogP contribution in [0.4, 0.5) is 0 Å². The number of aryl methyl sites for hydroxylation is 2. The molecule has 0 atom stereocenters. The number of aromatic nitrogens is 2. The first-order valence-electron chi connectivity index (χ1n) is 11.1. The fourth-order valence-corrected chi connectivity index (χ4v) is 5.41. The highest BCUT2D eigenvalue weighted by Gasteiger charge is 2.27. The van der Waals surface area contributed by atoms with Crippen LogP contribution in [0.15, 0.2) is 65.0 Å². The number of carbonyl (C=O) groups excluding carboxylic acids is 1. The van der Waals surface area contributed by atoms with Crippen LogP contribution < -0.4 is 4.73 Å². The lowest BCUT2D eigenvalue weighted by Crippen LogP contribution is -2.38. The highest BCUT2D eigenvalue weighted by Crippen LogP contribution is 2.39. The van der Waals surface area contributed by atoms with E-state index in [1.54, 1.807) is 6.07 Å². The molecule has 2 aromatic heterocycles. The zero-order chi connectivity index (χ0) is 22.9. The Morgan fingerprint density at radius 3 is 2.70 bits per heavy atom. The lowest BCUT2D eigenvalue weighted by molar-refractivity contribution is -0.605. The van der Waals surface area contributed by atoms with Gasteiger partial charge in [0.1, 0.15) is 0 Å². The maximum atomic E-state index is 12.9. The Balaban J connectivity index is 1.44. The zero-order valence-electron chi connectivity index (χ0n) is 18.1. The Morgan fingerprint density at radius 1 is 1.12 bits per heavy atom. The normalized spacial score (nSPS) is 15.6. The molecule has 0 N–H and O–H groups in total. The minimum atomic E-state index is 0.0563. The van der Waals surface area contributed by atoms with Gasteiger partial charge in [0.15, 0.2) is 12.4 Å². The predicted octanol–water partition coefficient (Wildman–Crippen LogP) is 4.90. The molecule has 7 heteroatoms. The first-order chi connectivity index (χ1) is 16.0. The Morgan fingerprint density at radius 2 is 1.91 bits per heavy atom. The molecule has 1 aliphatic heterocycles. The molecule has 1 saturated heterocycles. The Bertz CT molecular complexity index is 1210. The first-order valence-corrected chi connectivity index (χ1v) is 12.3. The monoisotopic (exact) mass is 523 g/mol. The van der Waals surface area contributed by atoms with E-state index in [2.05, 4.69) is 34.1 Å². The number of nitrogens with zero attached hydrogens (tertiary/aromatic N) is 3. The summed E-state index contributed by atoms with van der Waals surface area (Å²) in [5.41, 5.74) is 7.98. The van der Waals surface area contributed by atoms with Crippen LogP contribution in [0.25, 0.3) is 5.57 Å². The van der Waals surface area contributed by atoms with Crippen LogP contribution in [-0.4, -0.2) is 28.9 Å². The first kappa shape index (κ1) is 22.1. The molecule has 0 radical (unpaired) electrons. The number of pyridine rings is 2. The number of piperidine rings is 1. The van der Waals surface area contributed by atoms with Crippen LogP contribution in [-0.2, 0) is 24.1 Å². The number of benzene rings is 1. The van der Waals surface area contributed by atoms with Crippen molar-refractivity contribution in [2.24, 2.45) is 0 Å². The summed E-state index contributed by atoms with van der Waals surface area (Å²) in [6.07, 6.45) is 8.43. The standard InChI is InChI=1S/C26H23BrClN3O2/c27-21-13-20-4-3-19-14-22(28)5-6-23(19)25(26(20)29-15-21)18-7-10-30(11-8-18)24(32)12-17-2-1-9-31(33)16-17/h1-2,5-6,9,13-16H,3-4,7-8,10-12H2. The van der Waals surface area contributed by atoms with E-state index >= 15 is 0 Å². The van der Waals surface area contributed by atoms with Crippen molar-refractivity contribution in [1.29, 1.82) is 0 Å². The van der Waals surface area contributed by atoms with Crippen molar-refractivity contribution in [1.82, 2.24) is 9.88 Å². The van der Waals surface area contributed by atoms with E-state index in [4.69, 9.17) is 16.6 Å². The Labute approximate surface area is 206 Å². The molecule has 5 nitrogen and oxygen atoms in total. The maximum Gasteiger partial charge on any atom is 0.227 e. The SMILES string of the molecule is O=C(Cc1ccc[n+]([O-])c1)N1CCC(=C2c3ccc(Cl)cc3CCc3cc(Br)cnc32)CC1. The molecule has 1 amide bonds. The average molecular weight is 525 g/mol. The molecule has 168 valence electrons. The van der Waals surface area contributed by atoms with Crippen LogP contribution in [0.5, 0.6) is 0 Å². The lowest BCUT2D eigenvalue weighted by Gasteiger charge is -2.30. The number of carbonyl (C=O) groups is 1. The van der Waals surface area contributed by atoms with Crippen LogP contribution in [0.2, 0.25) is 5.02 Å². The molecule has 33 heavy (non-hydrogen) atoms. The quantitative estimate of drug-likeness (QED) is 0.354. The molecule has 1 aliphatic carbocycles. The molecule has 0 saturated carbocycles. The van der Waals surface area contributed by atoms with Crippen LogP contribution >= 0.6 is 27.5 Å². The fraction of sp³-hybridized carbons (Fsp3) is 0.269. The zero-order valence-corrected chi connectivity index (χ0v) is 20.4. The van der Waals surface area contributed by atoms with E-state index in [0.717, 1.165) is 51.2 Å². The summed E-state index contributed by atoms with van der Waals surface area (Å²) in [7, 11) is 0. The summed E-state index contributed by atoms with van der Waals surface area (Å²) in [6.45, 7) is 1.33. The van der Waals surface area contributed by atoms with Crippen molar-refractivity contribution in [2.75, 3.05) is 13.1 Å². The molecule has 1 fully saturated rings. The molecule has 0 bridgehead atoms. The highest BCUT2D eigenvalue weighted by molar-refractivity contribution is 9.10. The summed E-state index contributed by atoms with van der Waals surface area (Å²) in [5.74, 6) is 0.0563. The third-order valence-electron chi connectivity index (χ3n) is 6.44. The van der Waals surface area contributed by atoms with E-state index in [1.807, 2.05) is 23.2 Å². The highest BCUT2D eigenvalue weighted by atomic mass is 79.9. The molecular formula is C26H23BrClN3O2. The number of fused-ring (bicyclic) bond motifs is 2. The largest absolute Gasteiger partial charge is 0.619 e. The van der Waals surface area contributed by atoms with E-state index < -0.39 is 0 Å². The van der Waals surface area contributed by atoms with E-state index in [1.165, 1.54) is 40.2 Å². The van der Waals surface area contributed by atoms with Crippen molar-refractivity contribution in [3.8, 4) is 0 Å². The Kier molecular flexibility index (Phi) is 6.21. The summed E-state index contributed by atoms with van der Waals surface area (Å²) in [4.78, 5) is 19.6. The maximum absolute atomic E-state index is 12.9. The van der Waals surface area contributed by atoms with E-state index in [0.29, 0.717) is 13.1 Å². The van der Waals surface area contributed by atoms with Gasteiger partial charge < -0.3 is 10.1 Å². The van der Waals surface area contributed by atoms with Gasteiger partial charge in [-0.25, -0.2) is 0 Å². The van der Waals surface area contributed by atoms with Gasteiger partial charge in [0.05, 0.1) is 12.1 Å². The van der Waals surface area contributed by atoms with E-state index in [-0.39, 0.29) is 12.3 Å². The second-order valence-corrected chi connectivity index (χ2v) is 9.92. The van der Waals surface area contributed by atoms with E-state index in [9.17, 15) is 10.0 Å². The van der Waals surface area contributed by atoms with Crippen molar-refractivity contribution in [2.45, 2.75) is 32.1 Å². The molecule has 5 rings (SSSR count). The summed E-state index contributed by atoms with van der Waals surface area (Å²) >= 11 is 9.89. The van der Waals surface area contributed by atoms with Gasteiger partial charge in [-0.2, -0.15) is 4.73 Å². The minimum absolute atomic E-state index is 0.0563. The molecule has 0 unspecified atom stereocenters. The van der Waals surface area contributed by atoms with Gasteiger partial charge in [0, 0.05) is 46.0 Å². The third kappa shape index (κ3) is 4.68. The molecule has 1 aromatic carbocycles. The number of hydrogen-bond acceptors (Lipinski definition) is 3. The number of halogens is 2. The smallest absolute Gasteiger partial charge is 0.227 e. The van der Waals surface area contributed by atoms with Gasteiger partial charge >= 0.3 is 0 Å². The molecule has 3 aromatic rings. The van der Waals surface area contributed by atoms with Gasteiger partial charge in [-0.15, -0.1) is 0 Å². The molecule has 3 heterocycles. The second kappa shape index (κ2) is 9.27.